The third kappa shape index (κ3) is 3.48. The number of rotatable bonds is 6. The number of likely N-dealkylation sites (tertiary alicyclic amines) is 2. The van der Waals surface area contributed by atoms with E-state index in [9.17, 15) is 4.79 Å². The molecule has 5 rings (SSSR count). The lowest BCUT2D eigenvalue weighted by Crippen LogP contribution is -2.39. The molecule has 2 aliphatic heterocycles. The number of hydrogen-bond acceptors (Lipinski definition) is 4. The first-order chi connectivity index (χ1) is 14.0. The molecule has 29 heavy (non-hydrogen) atoms. The zero-order chi connectivity index (χ0) is 20.0. The maximum atomic E-state index is 13.8. The summed E-state index contributed by atoms with van der Waals surface area (Å²) in [6.45, 7) is 8.84. The van der Waals surface area contributed by atoms with Gasteiger partial charge in [-0.05, 0) is 56.7 Å². The van der Waals surface area contributed by atoms with Crippen LogP contribution in [0.2, 0.25) is 0 Å². The van der Waals surface area contributed by atoms with Gasteiger partial charge in [0.2, 0.25) is 5.91 Å². The van der Waals surface area contributed by atoms with Gasteiger partial charge in [0.05, 0.1) is 17.4 Å². The van der Waals surface area contributed by atoms with Crippen LogP contribution in [0.4, 0.5) is 0 Å². The van der Waals surface area contributed by atoms with E-state index in [2.05, 4.69) is 39.4 Å². The molecule has 0 bridgehead atoms. The third-order valence-corrected chi connectivity index (χ3v) is 7.07. The summed E-state index contributed by atoms with van der Waals surface area (Å²) in [5.41, 5.74) is 1.92. The van der Waals surface area contributed by atoms with Crippen molar-refractivity contribution in [1.29, 1.82) is 0 Å². The Labute approximate surface area is 172 Å². The molecule has 3 fully saturated rings. The molecule has 0 N–H and O–H groups in total. The second-order valence-corrected chi connectivity index (χ2v) is 9.52. The molecular formula is C23H31N5O. The number of amides is 1. The highest BCUT2D eigenvalue weighted by Crippen LogP contribution is 2.50. The predicted octanol–water partition coefficient (Wildman–Crippen LogP) is 3.09. The Morgan fingerprint density at radius 2 is 2.03 bits per heavy atom. The van der Waals surface area contributed by atoms with Gasteiger partial charge >= 0.3 is 0 Å². The standard InChI is InChI=1S/C23H31N5O/c1-17(2)28-14-21(25-16-28)20-13-26(11-18-3-4-18)15-23(20)7-10-27(22(23)29)12-19-5-8-24-9-6-19/h5-6,8-9,14,16-18,20H,3-4,7,10-13,15H2,1-2H3/t20-,23+/m0/s1. The van der Waals surface area contributed by atoms with E-state index in [-0.39, 0.29) is 11.3 Å². The molecule has 154 valence electrons. The summed E-state index contributed by atoms with van der Waals surface area (Å²) in [6.07, 6.45) is 11.3. The average Bonchev–Trinajstić information content (AvgIpc) is 3.13. The highest BCUT2D eigenvalue weighted by Gasteiger charge is 2.58. The third-order valence-electron chi connectivity index (χ3n) is 7.07. The number of hydrogen-bond donors (Lipinski definition) is 0. The van der Waals surface area contributed by atoms with Gasteiger partial charge < -0.3 is 14.4 Å². The van der Waals surface area contributed by atoms with Crippen molar-refractivity contribution in [2.45, 2.75) is 51.6 Å². The summed E-state index contributed by atoms with van der Waals surface area (Å²) in [5, 5.41) is 0. The molecule has 2 aromatic rings. The molecule has 6 heteroatoms. The van der Waals surface area contributed by atoms with E-state index in [0.29, 0.717) is 18.5 Å². The van der Waals surface area contributed by atoms with E-state index >= 15 is 0 Å². The zero-order valence-corrected chi connectivity index (χ0v) is 17.5. The molecule has 0 radical (unpaired) electrons. The molecule has 2 aromatic heterocycles. The first kappa shape index (κ1) is 18.8. The molecule has 6 nitrogen and oxygen atoms in total. The van der Waals surface area contributed by atoms with Crippen LogP contribution in [-0.4, -0.2) is 56.4 Å². The van der Waals surface area contributed by atoms with Crippen LogP contribution in [0, 0.1) is 11.3 Å². The van der Waals surface area contributed by atoms with Gasteiger partial charge in [-0.2, -0.15) is 0 Å². The smallest absolute Gasteiger partial charge is 0.231 e. The maximum absolute atomic E-state index is 13.8. The summed E-state index contributed by atoms with van der Waals surface area (Å²) in [4.78, 5) is 27.2. The number of nitrogens with zero attached hydrogens (tertiary/aromatic N) is 5. The first-order valence-corrected chi connectivity index (χ1v) is 11.0. The van der Waals surface area contributed by atoms with Crippen LogP contribution < -0.4 is 0 Å². The SMILES string of the molecule is CC(C)n1cnc([C@@H]2CN(CC3CC3)C[C@]23CCN(Cc2ccncc2)C3=O)c1. The van der Waals surface area contributed by atoms with E-state index < -0.39 is 0 Å². The summed E-state index contributed by atoms with van der Waals surface area (Å²) in [6, 6.07) is 4.40. The number of pyridine rings is 1. The second kappa shape index (κ2) is 7.24. The van der Waals surface area contributed by atoms with Crippen molar-refractivity contribution in [3.63, 3.8) is 0 Å². The van der Waals surface area contributed by atoms with Crippen molar-refractivity contribution in [3.05, 3.63) is 48.3 Å². The summed E-state index contributed by atoms with van der Waals surface area (Å²) < 4.78 is 2.17. The molecule has 0 unspecified atom stereocenters. The van der Waals surface area contributed by atoms with Crippen LogP contribution in [0.25, 0.3) is 0 Å². The fourth-order valence-corrected chi connectivity index (χ4v) is 5.19. The molecular weight excluding hydrogens is 362 g/mol. The Morgan fingerprint density at radius 3 is 2.72 bits per heavy atom. The van der Waals surface area contributed by atoms with Crippen molar-refractivity contribution < 1.29 is 4.79 Å². The van der Waals surface area contributed by atoms with Crippen molar-refractivity contribution >= 4 is 5.91 Å². The largest absolute Gasteiger partial charge is 0.338 e. The van der Waals surface area contributed by atoms with E-state index in [4.69, 9.17) is 4.98 Å². The van der Waals surface area contributed by atoms with Crippen LogP contribution in [0.5, 0.6) is 0 Å². The van der Waals surface area contributed by atoms with Gasteiger partial charge in [0.25, 0.3) is 0 Å². The van der Waals surface area contributed by atoms with Gasteiger partial charge in [0.15, 0.2) is 0 Å². The minimum absolute atomic E-state index is 0.191. The van der Waals surface area contributed by atoms with Crippen molar-refractivity contribution in [2.24, 2.45) is 11.3 Å². The zero-order valence-electron chi connectivity index (χ0n) is 17.5. The van der Waals surface area contributed by atoms with Gasteiger partial charge in [-0.3, -0.25) is 9.78 Å². The van der Waals surface area contributed by atoms with Gasteiger partial charge in [-0.1, -0.05) is 0 Å². The van der Waals surface area contributed by atoms with Crippen molar-refractivity contribution in [3.8, 4) is 0 Å². The van der Waals surface area contributed by atoms with Gasteiger partial charge in [0, 0.05) is 63.3 Å². The topological polar surface area (TPSA) is 54.3 Å². The number of carbonyl (C=O) groups excluding carboxylic acids is 1. The quantitative estimate of drug-likeness (QED) is 0.757. The molecule has 3 aliphatic rings. The van der Waals surface area contributed by atoms with Crippen LogP contribution >= 0.6 is 0 Å². The van der Waals surface area contributed by atoms with Crippen LogP contribution in [0.15, 0.2) is 37.1 Å². The fourth-order valence-electron chi connectivity index (χ4n) is 5.19. The Bertz CT molecular complexity index is 874. The number of aromatic nitrogens is 3. The van der Waals surface area contributed by atoms with Gasteiger partial charge in [-0.25, -0.2) is 4.98 Å². The normalized spacial score (nSPS) is 27.6. The molecule has 2 saturated heterocycles. The summed E-state index contributed by atoms with van der Waals surface area (Å²) >= 11 is 0. The lowest BCUT2D eigenvalue weighted by atomic mass is 9.75. The monoisotopic (exact) mass is 393 g/mol. The molecule has 2 atom stereocenters. The van der Waals surface area contributed by atoms with Gasteiger partial charge in [-0.15, -0.1) is 0 Å². The van der Waals surface area contributed by atoms with Crippen molar-refractivity contribution in [2.75, 3.05) is 26.2 Å². The lowest BCUT2D eigenvalue weighted by Gasteiger charge is -2.28. The van der Waals surface area contributed by atoms with Crippen molar-refractivity contribution in [1.82, 2.24) is 24.3 Å². The first-order valence-electron chi connectivity index (χ1n) is 11.0. The fraction of sp³-hybridized carbons (Fsp3) is 0.609. The highest BCUT2D eigenvalue weighted by atomic mass is 16.2. The van der Waals surface area contributed by atoms with E-state index in [1.807, 2.05) is 18.5 Å². The molecule has 4 heterocycles. The minimum atomic E-state index is -0.321. The molecule has 1 amide bonds. The summed E-state index contributed by atoms with van der Waals surface area (Å²) in [5.74, 6) is 1.34. The lowest BCUT2D eigenvalue weighted by molar-refractivity contribution is -0.136. The molecule has 1 saturated carbocycles. The maximum Gasteiger partial charge on any atom is 0.231 e. The average molecular weight is 394 g/mol. The Morgan fingerprint density at radius 1 is 1.24 bits per heavy atom. The second-order valence-electron chi connectivity index (χ2n) is 9.52. The predicted molar refractivity (Wildman–Crippen MR) is 111 cm³/mol. The van der Waals surface area contributed by atoms with Crippen LogP contribution in [-0.2, 0) is 11.3 Å². The van der Waals surface area contributed by atoms with E-state index in [1.165, 1.54) is 12.8 Å². The summed E-state index contributed by atoms with van der Waals surface area (Å²) in [7, 11) is 0. The Balaban J connectivity index is 1.41. The molecule has 0 aromatic carbocycles. The van der Waals surface area contributed by atoms with E-state index in [1.54, 1.807) is 12.4 Å². The highest BCUT2D eigenvalue weighted by molar-refractivity contribution is 5.86. The number of imidazole rings is 1. The minimum Gasteiger partial charge on any atom is -0.338 e. The van der Waals surface area contributed by atoms with Crippen LogP contribution in [0.3, 0.4) is 0 Å². The Kier molecular flexibility index (Phi) is 4.69. The molecule has 1 spiro atoms. The Hall–Kier alpha value is -2.21. The molecule has 1 aliphatic carbocycles. The van der Waals surface area contributed by atoms with Gasteiger partial charge in [0.1, 0.15) is 0 Å². The van der Waals surface area contributed by atoms with E-state index in [0.717, 1.165) is 49.8 Å². The number of carbonyl (C=O) groups is 1. The van der Waals surface area contributed by atoms with Crippen LogP contribution in [0.1, 0.15) is 56.3 Å².